The molecule has 0 radical (unpaired) electrons. The Bertz CT molecular complexity index is 643. The van der Waals surface area contributed by atoms with Crippen LogP contribution in [0.3, 0.4) is 0 Å². The van der Waals surface area contributed by atoms with Crippen LogP contribution in [0.4, 0.5) is 5.82 Å². The van der Waals surface area contributed by atoms with Gasteiger partial charge >= 0.3 is 0 Å². The maximum Gasteiger partial charge on any atom is 0.207 e. The Kier molecular flexibility index (Phi) is 3.26. The average molecular weight is 279 g/mol. The summed E-state index contributed by atoms with van der Waals surface area (Å²) in [5.41, 5.74) is 0.936. The molecule has 1 aliphatic rings. The fourth-order valence-corrected chi connectivity index (χ4v) is 2.23. The van der Waals surface area contributed by atoms with Crippen LogP contribution in [0.15, 0.2) is 23.0 Å². The number of nitrogens with two attached hydrogens (primary N) is 1. The summed E-state index contributed by atoms with van der Waals surface area (Å²) in [6, 6.07) is 0. The zero-order valence-corrected chi connectivity index (χ0v) is 10.4. The van der Waals surface area contributed by atoms with Gasteiger partial charge in [0.05, 0.1) is 19.0 Å². The SMILES string of the molecule is NN=Nc1ncnc2c1ncn2[C@H]1CC(O)[C@@H](CO)O1. The molecule has 3 atom stereocenters. The second-order valence-electron chi connectivity index (χ2n) is 4.35. The van der Waals surface area contributed by atoms with E-state index in [9.17, 15) is 5.11 Å². The van der Waals surface area contributed by atoms with Crippen molar-refractivity contribution in [3.63, 3.8) is 0 Å². The first kappa shape index (κ1) is 12.8. The number of nitrogens with zero attached hydrogens (tertiary/aromatic N) is 6. The fourth-order valence-electron chi connectivity index (χ4n) is 2.23. The molecular weight excluding hydrogens is 266 g/mol. The number of aromatic nitrogens is 4. The van der Waals surface area contributed by atoms with Crippen LogP contribution in [0.25, 0.3) is 11.2 Å². The molecule has 0 bridgehead atoms. The van der Waals surface area contributed by atoms with E-state index in [1.165, 1.54) is 12.7 Å². The van der Waals surface area contributed by atoms with Crippen LogP contribution in [0.1, 0.15) is 12.6 Å². The maximum absolute atomic E-state index is 9.77. The lowest BCUT2D eigenvalue weighted by Crippen LogP contribution is -2.24. The molecule has 2 aromatic rings. The molecule has 10 nitrogen and oxygen atoms in total. The van der Waals surface area contributed by atoms with E-state index in [4.69, 9.17) is 15.7 Å². The van der Waals surface area contributed by atoms with Crippen molar-refractivity contribution in [3.05, 3.63) is 12.7 Å². The van der Waals surface area contributed by atoms with E-state index in [2.05, 4.69) is 25.3 Å². The third kappa shape index (κ3) is 1.99. The van der Waals surface area contributed by atoms with E-state index in [0.29, 0.717) is 17.6 Å². The molecule has 10 heteroatoms. The lowest BCUT2D eigenvalue weighted by Gasteiger charge is -2.13. The Labute approximate surface area is 112 Å². The maximum atomic E-state index is 9.77. The van der Waals surface area contributed by atoms with Crippen molar-refractivity contribution >= 4 is 17.0 Å². The molecule has 1 fully saturated rings. The molecule has 1 aliphatic heterocycles. The smallest absolute Gasteiger partial charge is 0.207 e. The number of aliphatic hydroxyl groups is 2. The minimum absolute atomic E-state index is 0.244. The molecule has 1 saturated heterocycles. The number of imidazole rings is 1. The van der Waals surface area contributed by atoms with Gasteiger partial charge in [0.2, 0.25) is 5.82 Å². The van der Waals surface area contributed by atoms with Crippen LogP contribution in [0, 0.1) is 0 Å². The molecule has 0 aliphatic carbocycles. The van der Waals surface area contributed by atoms with Crippen LogP contribution in [0.5, 0.6) is 0 Å². The summed E-state index contributed by atoms with van der Waals surface area (Å²) in [6.45, 7) is -0.244. The van der Waals surface area contributed by atoms with Crippen molar-refractivity contribution in [2.24, 2.45) is 16.2 Å². The van der Waals surface area contributed by atoms with E-state index in [-0.39, 0.29) is 12.4 Å². The number of rotatable bonds is 3. The molecule has 1 unspecified atom stereocenters. The molecule has 4 N–H and O–H groups in total. The topological polar surface area (TPSA) is 144 Å². The highest BCUT2D eigenvalue weighted by Crippen LogP contribution is 2.31. The van der Waals surface area contributed by atoms with Gasteiger partial charge in [-0.25, -0.2) is 15.0 Å². The summed E-state index contributed by atoms with van der Waals surface area (Å²) in [5.74, 6) is 5.27. The quantitative estimate of drug-likeness (QED) is 0.387. The van der Waals surface area contributed by atoms with Gasteiger partial charge in [0.25, 0.3) is 0 Å². The van der Waals surface area contributed by atoms with Gasteiger partial charge in [-0.15, -0.1) is 5.11 Å². The normalized spacial score (nSPS) is 26.8. The van der Waals surface area contributed by atoms with Crippen molar-refractivity contribution in [2.75, 3.05) is 6.61 Å². The van der Waals surface area contributed by atoms with Gasteiger partial charge in [0, 0.05) is 6.42 Å². The van der Waals surface area contributed by atoms with Gasteiger partial charge in [-0.05, 0) is 0 Å². The zero-order chi connectivity index (χ0) is 14.1. The van der Waals surface area contributed by atoms with E-state index in [1.54, 1.807) is 4.57 Å². The average Bonchev–Trinajstić information content (AvgIpc) is 3.03. The fraction of sp³-hybridized carbons (Fsp3) is 0.500. The molecule has 2 aromatic heterocycles. The summed E-state index contributed by atoms with van der Waals surface area (Å²) in [4.78, 5) is 12.2. The minimum Gasteiger partial charge on any atom is -0.394 e. The second kappa shape index (κ2) is 5.07. The lowest BCUT2D eigenvalue weighted by molar-refractivity contribution is -0.0432. The first-order chi connectivity index (χ1) is 9.74. The highest BCUT2D eigenvalue weighted by molar-refractivity contribution is 5.80. The summed E-state index contributed by atoms with van der Waals surface area (Å²) < 4.78 is 7.22. The molecule has 3 rings (SSSR count). The molecule has 106 valence electrons. The molecule has 0 aromatic carbocycles. The van der Waals surface area contributed by atoms with Crippen molar-refractivity contribution < 1.29 is 14.9 Å². The number of ether oxygens (including phenoxy) is 1. The van der Waals surface area contributed by atoms with E-state index < -0.39 is 18.4 Å². The van der Waals surface area contributed by atoms with Crippen LogP contribution in [-0.4, -0.2) is 48.5 Å². The van der Waals surface area contributed by atoms with Gasteiger partial charge in [0.1, 0.15) is 18.7 Å². The Morgan fingerprint density at radius 1 is 1.45 bits per heavy atom. The summed E-state index contributed by atoms with van der Waals surface area (Å²) >= 11 is 0. The predicted octanol–water partition coefficient (Wildman–Crippen LogP) is -0.576. The molecule has 20 heavy (non-hydrogen) atoms. The highest BCUT2D eigenvalue weighted by atomic mass is 16.5. The minimum atomic E-state index is -0.729. The van der Waals surface area contributed by atoms with Crippen molar-refractivity contribution in [1.29, 1.82) is 0 Å². The first-order valence-corrected chi connectivity index (χ1v) is 5.97. The molecule has 3 heterocycles. The summed E-state index contributed by atoms with van der Waals surface area (Å²) in [7, 11) is 0. The number of aliphatic hydroxyl groups excluding tert-OH is 2. The second-order valence-corrected chi connectivity index (χ2v) is 4.35. The largest absolute Gasteiger partial charge is 0.394 e. The monoisotopic (exact) mass is 279 g/mol. The van der Waals surface area contributed by atoms with Crippen molar-refractivity contribution in [1.82, 2.24) is 19.5 Å². The first-order valence-electron chi connectivity index (χ1n) is 5.97. The van der Waals surface area contributed by atoms with Crippen LogP contribution in [-0.2, 0) is 4.74 Å². The van der Waals surface area contributed by atoms with Gasteiger partial charge in [-0.3, -0.25) is 4.57 Å². The van der Waals surface area contributed by atoms with E-state index >= 15 is 0 Å². The lowest BCUT2D eigenvalue weighted by atomic mass is 10.2. The standard InChI is InChI=1S/C10H13N7O3/c11-16-15-9-8-10(13-3-12-9)17(4-14-8)7-1-5(19)6(2-18)20-7/h3-7,18-19H,1-2H2,(H2,11,12,13,15)/t5?,6-,7-/m1/s1. The third-order valence-electron chi connectivity index (χ3n) is 3.19. The zero-order valence-electron chi connectivity index (χ0n) is 10.4. The number of fused-ring (bicyclic) bond motifs is 1. The summed E-state index contributed by atoms with van der Waals surface area (Å²) in [6.07, 6.45) is 1.39. The Balaban J connectivity index is 1.99. The van der Waals surface area contributed by atoms with Gasteiger partial charge in [-0.1, -0.05) is 5.22 Å². The number of hydrogen-bond acceptors (Lipinski definition) is 8. The van der Waals surface area contributed by atoms with Crippen LogP contribution >= 0.6 is 0 Å². The van der Waals surface area contributed by atoms with Crippen molar-refractivity contribution in [2.45, 2.75) is 24.9 Å². The van der Waals surface area contributed by atoms with Crippen molar-refractivity contribution in [3.8, 4) is 0 Å². The number of hydrogen-bond donors (Lipinski definition) is 3. The Hall–Kier alpha value is -2.17. The molecule has 0 spiro atoms. The molecule has 0 amide bonds. The van der Waals surface area contributed by atoms with E-state index in [0.717, 1.165) is 0 Å². The molecule has 0 saturated carbocycles. The summed E-state index contributed by atoms with van der Waals surface area (Å²) in [5, 5.41) is 25.7. The van der Waals surface area contributed by atoms with Crippen LogP contribution in [0.2, 0.25) is 0 Å². The predicted molar refractivity (Wildman–Crippen MR) is 65.6 cm³/mol. The van der Waals surface area contributed by atoms with Crippen LogP contribution < -0.4 is 5.84 Å². The van der Waals surface area contributed by atoms with Gasteiger partial charge < -0.3 is 20.8 Å². The Morgan fingerprint density at radius 2 is 2.30 bits per heavy atom. The third-order valence-corrected chi connectivity index (χ3v) is 3.19. The van der Waals surface area contributed by atoms with Gasteiger partial charge in [0.15, 0.2) is 11.2 Å². The Morgan fingerprint density at radius 3 is 3.00 bits per heavy atom. The highest BCUT2D eigenvalue weighted by Gasteiger charge is 2.35. The molecular formula is C10H13N7O3. The van der Waals surface area contributed by atoms with E-state index in [1.807, 2.05) is 0 Å². The van der Waals surface area contributed by atoms with Gasteiger partial charge in [-0.2, -0.15) is 0 Å².